The third-order valence-electron chi connectivity index (χ3n) is 5.81. The molecule has 1 aromatic carbocycles. The van der Waals surface area contributed by atoms with Crippen molar-refractivity contribution in [2.24, 2.45) is 10.9 Å². The summed E-state index contributed by atoms with van der Waals surface area (Å²) in [5, 5.41) is 0.903. The number of rotatable bonds is 7. The largest absolute Gasteiger partial charge is 0.492 e. The molecule has 1 unspecified atom stereocenters. The molecule has 1 aromatic heterocycles. The van der Waals surface area contributed by atoms with Crippen molar-refractivity contribution in [3.8, 4) is 0 Å². The summed E-state index contributed by atoms with van der Waals surface area (Å²) >= 11 is 1.59. The third kappa shape index (κ3) is 5.88. The molecule has 4 nitrogen and oxygen atoms in total. The van der Waals surface area contributed by atoms with Gasteiger partial charge in [-0.1, -0.05) is 43.0 Å². The average molecular weight is 463 g/mol. The minimum absolute atomic E-state index is 0.108. The summed E-state index contributed by atoms with van der Waals surface area (Å²) in [5.74, 6) is 0.914. The van der Waals surface area contributed by atoms with Crippen LogP contribution >= 0.6 is 11.8 Å². The van der Waals surface area contributed by atoms with Gasteiger partial charge in [0.25, 0.3) is 0 Å². The summed E-state index contributed by atoms with van der Waals surface area (Å²) in [6, 6.07) is 10.5. The van der Waals surface area contributed by atoms with Gasteiger partial charge in [0.05, 0.1) is 17.2 Å². The highest BCUT2D eigenvalue weighted by Gasteiger charge is 2.22. The van der Waals surface area contributed by atoms with Gasteiger partial charge in [-0.05, 0) is 67.2 Å². The molecule has 0 amide bonds. The van der Waals surface area contributed by atoms with Gasteiger partial charge < -0.3 is 4.74 Å². The number of carbonyl (C=O) groups is 1. The first-order valence-corrected chi connectivity index (χ1v) is 11.9. The second-order valence-corrected chi connectivity index (χ2v) is 9.54. The number of carbonyl (C=O) groups excluding carboxylic acids is 1. The number of thioether (sulfide) groups is 1. The zero-order chi connectivity index (χ0) is 23.4. The predicted molar refractivity (Wildman–Crippen MR) is 131 cm³/mol. The van der Waals surface area contributed by atoms with E-state index >= 15 is 0 Å². The minimum Gasteiger partial charge on any atom is -0.492 e. The van der Waals surface area contributed by atoms with Crippen LogP contribution in [-0.2, 0) is 9.53 Å². The summed E-state index contributed by atoms with van der Waals surface area (Å²) in [7, 11) is 0. The van der Waals surface area contributed by atoms with Crippen LogP contribution in [0.1, 0.15) is 44.2 Å². The van der Waals surface area contributed by atoms with Crippen LogP contribution < -0.4 is 0 Å². The second-order valence-electron chi connectivity index (χ2n) is 8.43. The van der Waals surface area contributed by atoms with Gasteiger partial charge in [0, 0.05) is 23.9 Å². The molecule has 2 aromatic rings. The molecule has 0 saturated carbocycles. The van der Waals surface area contributed by atoms with Crippen molar-refractivity contribution in [3.63, 3.8) is 0 Å². The Labute approximate surface area is 198 Å². The van der Waals surface area contributed by atoms with Crippen LogP contribution in [-0.4, -0.2) is 23.1 Å². The Balaban J connectivity index is 1.54. The number of nitrogens with zero attached hydrogens (tertiary/aromatic N) is 2. The molecule has 2 heterocycles. The fourth-order valence-corrected chi connectivity index (χ4v) is 4.79. The minimum atomic E-state index is -0.264. The SMILES string of the molecule is CC(=O)C1=CC=C(OCC2=C(Sc3ccc(C)cn3)CC(c3ccc(F)cc3)=N2)CCC1C. The Morgan fingerprint density at radius 1 is 1.18 bits per heavy atom. The highest BCUT2D eigenvalue weighted by atomic mass is 32.2. The van der Waals surface area contributed by atoms with E-state index < -0.39 is 0 Å². The zero-order valence-electron chi connectivity index (χ0n) is 19.1. The van der Waals surface area contributed by atoms with Crippen LogP contribution in [0.25, 0.3) is 0 Å². The number of aliphatic imine (C=N–C) groups is 1. The fraction of sp³-hybridized carbons (Fsp3) is 0.296. The number of ketones is 1. The molecular weight excluding hydrogens is 435 g/mol. The molecular formula is C27H27FN2O2S. The van der Waals surface area contributed by atoms with E-state index in [1.165, 1.54) is 12.1 Å². The molecule has 0 N–H and O–H groups in total. The van der Waals surface area contributed by atoms with Crippen LogP contribution in [0.4, 0.5) is 4.39 Å². The van der Waals surface area contributed by atoms with Gasteiger partial charge in [-0.25, -0.2) is 9.37 Å². The number of hydrogen-bond acceptors (Lipinski definition) is 5. The van der Waals surface area contributed by atoms with Crippen LogP contribution in [0, 0.1) is 18.7 Å². The van der Waals surface area contributed by atoms with Crippen molar-refractivity contribution in [2.75, 3.05) is 6.61 Å². The molecule has 2 aliphatic rings. The highest BCUT2D eigenvalue weighted by molar-refractivity contribution is 8.03. The summed E-state index contributed by atoms with van der Waals surface area (Å²) in [6.07, 6.45) is 7.95. The van der Waals surface area contributed by atoms with E-state index in [-0.39, 0.29) is 17.5 Å². The number of Topliss-reactive ketones (excluding diaryl/α,β-unsaturated/α-hetero) is 1. The third-order valence-corrected chi connectivity index (χ3v) is 6.89. The number of halogens is 1. The fourth-order valence-electron chi connectivity index (χ4n) is 3.87. The lowest BCUT2D eigenvalue weighted by Crippen LogP contribution is -2.06. The molecule has 0 fully saturated rings. The Bertz CT molecular complexity index is 1160. The van der Waals surface area contributed by atoms with Crippen LogP contribution in [0.15, 0.2) is 86.7 Å². The summed E-state index contributed by atoms with van der Waals surface area (Å²) < 4.78 is 19.6. The Morgan fingerprint density at radius 2 is 1.97 bits per heavy atom. The van der Waals surface area contributed by atoms with Gasteiger partial charge in [0.2, 0.25) is 0 Å². The maximum absolute atomic E-state index is 13.4. The van der Waals surface area contributed by atoms with Crippen molar-refractivity contribution >= 4 is 23.3 Å². The Morgan fingerprint density at radius 3 is 2.67 bits per heavy atom. The number of aromatic nitrogens is 1. The maximum Gasteiger partial charge on any atom is 0.156 e. The monoisotopic (exact) mass is 462 g/mol. The predicted octanol–water partition coefficient (Wildman–Crippen LogP) is 6.57. The maximum atomic E-state index is 13.4. The van der Waals surface area contributed by atoms with E-state index in [1.54, 1.807) is 30.8 Å². The van der Waals surface area contributed by atoms with Gasteiger partial charge in [-0.3, -0.25) is 9.79 Å². The molecule has 0 spiro atoms. The number of hydrogen-bond donors (Lipinski definition) is 0. The van der Waals surface area contributed by atoms with Crippen molar-refractivity contribution in [1.82, 2.24) is 4.98 Å². The molecule has 1 aliphatic carbocycles. The van der Waals surface area contributed by atoms with Crippen molar-refractivity contribution < 1.29 is 13.9 Å². The first kappa shape index (κ1) is 23.2. The van der Waals surface area contributed by atoms with Gasteiger partial charge in [-0.2, -0.15) is 0 Å². The van der Waals surface area contributed by atoms with E-state index in [4.69, 9.17) is 9.73 Å². The zero-order valence-corrected chi connectivity index (χ0v) is 19.9. The highest BCUT2D eigenvalue weighted by Crippen LogP contribution is 2.37. The summed E-state index contributed by atoms with van der Waals surface area (Å²) in [5.41, 5.74) is 4.60. The number of aryl methyl sites for hydroxylation is 1. The topological polar surface area (TPSA) is 51.5 Å². The Kier molecular flexibility index (Phi) is 7.23. The van der Waals surface area contributed by atoms with Crippen LogP contribution in [0.5, 0.6) is 0 Å². The molecule has 4 rings (SSSR count). The number of benzene rings is 1. The lowest BCUT2D eigenvalue weighted by Gasteiger charge is -2.12. The van der Waals surface area contributed by atoms with Crippen LogP contribution in [0.2, 0.25) is 0 Å². The average Bonchev–Trinajstić information content (AvgIpc) is 3.09. The molecule has 0 radical (unpaired) electrons. The molecule has 170 valence electrons. The van der Waals surface area contributed by atoms with E-state index in [9.17, 15) is 9.18 Å². The van der Waals surface area contributed by atoms with Gasteiger partial charge in [-0.15, -0.1) is 0 Å². The van der Waals surface area contributed by atoms with Gasteiger partial charge in [0.1, 0.15) is 17.5 Å². The smallest absolute Gasteiger partial charge is 0.156 e. The molecule has 0 bridgehead atoms. The molecule has 33 heavy (non-hydrogen) atoms. The standard InChI is InChI=1S/C27H27FN2O2S/c1-17-4-13-27(29-15-17)33-26-14-24(20-6-8-21(28)9-7-20)30-25(26)16-32-22-10-5-18(2)23(12-11-22)19(3)31/h4,6-9,11-13,15,18H,5,10,14,16H2,1-3H3. The lowest BCUT2D eigenvalue weighted by atomic mass is 9.95. The lowest BCUT2D eigenvalue weighted by molar-refractivity contribution is -0.114. The Hall–Kier alpha value is -2.99. The van der Waals surface area contributed by atoms with Crippen molar-refractivity contribution in [2.45, 2.75) is 45.1 Å². The first-order chi connectivity index (χ1) is 15.9. The molecule has 1 atom stereocenters. The van der Waals surface area contributed by atoms with Gasteiger partial charge in [0.15, 0.2) is 5.78 Å². The number of allylic oxidation sites excluding steroid dienone is 5. The quantitative estimate of drug-likeness (QED) is 0.467. The van der Waals surface area contributed by atoms with Crippen molar-refractivity contribution in [3.05, 3.63) is 93.6 Å². The van der Waals surface area contributed by atoms with Gasteiger partial charge >= 0.3 is 0 Å². The molecule has 1 aliphatic heterocycles. The van der Waals surface area contributed by atoms with E-state index in [0.717, 1.165) is 56.6 Å². The van der Waals surface area contributed by atoms with E-state index in [1.807, 2.05) is 37.4 Å². The number of ether oxygens (including phenoxy) is 1. The molecule has 6 heteroatoms. The second kappa shape index (κ2) is 10.3. The first-order valence-electron chi connectivity index (χ1n) is 11.1. The van der Waals surface area contributed by atoms with Crippen LogP contribution in [0.3, 0.4) is 0 Å². The number of pyridine rings is 1. The summed E-state index contributed by atoms with van der Waals surface area (Å²) in [4.78, 5) is 22.3. The molecule has 0 saturated heterocycles. The normalized spacial score (nSPS) is 18.4. The summed E-state index contributed by atoms with van der Waals surface area (Å²) in [6.45, 7) is 6.03. The van der Waals surface area contributed by atoms with E-state index in [0.29, 0.717) is 13.0 Å². The van der Waals surface area contributed by atoms with Crippen molar-refractivity contribution in [1.29, 1.82) is 0 Å². The van der Waals surface area contributed by atoms with E-state index in [2.05, 4.69) is 11.9 Å².